The lowest BCUT2D eigenvalue weighted by Crippen LogP contribution is -2.42. The number of allylic oxidation sites excluding steroid dienone is 5. The Balaban J connectivity index is 1.59. The van der Waals surface area contributed by atoms with Crippen molar-refractivity contribution in [1.29, 1.82) is 0 Å². The molecule has 2 aliphatic heterocycles. The Morgan fingerprint density at radius 2 is 1.76 bits per heavy atom. The summed E-state index contributed by atoms with van der Waals surface area (Å²) in [6, 6.07) is -0.572. The third-order valence-electron chi connectivity index (χ3n) is 6.67. The first-order chi connectivity index (χ1) is 17.7. The van der Waals surface area contributed by atoms with Crippen LogP contribution in [0.2, 0.25) is 0 Å². The second kappa shape index (κ2) is 16.9. The van der Waals surface area contributed by atoms with E-state index < -0.39 is 12.0 Å². The monoisotopic (exact) mass is 551 g/mol. The van der Waals surface area contributed by atoms with Crippen LogP contribution in [0.15, 0.2) is 34.9 Å². The van der Waals surface area contributed by atoms with E-state index in [1.54, 1.807) is 0 Å². The maximum absolute atomic E-state index is 12.3. The van der Waals surface area contributed by atoms with Gasteiger partial charge >= 0.3 is 12.0 Å². The van der Waals surface area contributed by atoms with E-state index in [1.807, 2.05) is 11.8 Å². The smallest absolute Gasteiger partial charge is 0.327 e. The molecule has 2 rings (SSSR count). The van der Waals surface area contributed by atoms with Gasteiger partial charge in [0.25, 0.3) is 0 Å². The van der Waals surface area contributed by atoms with Gasteiger partial charge in [-0.3, -0.25) is 4.79 Å². The number of amides is 3. The van der Waals surface area contributed by atoms with Crippen LogP contribution in [-0.2, 0) is 9.59 Å². The number of hydrogen-bond donors (Lipinski definition) is 4. The van der Waals surface area contributed by atoms with Crippen LogP contribution in [0.4, 0.5) is 4.79 Å². The van der Waals surface area contributed by atoms with Crippen molar-refractivity contribution in [2.24, 2.45) is 0 Å². The molecule has 2 fully saturated rings. The van der Waals surface area contributed by atoms with Gasteiger partial charge in [-0.25, -0.2) is 9.59 Å². The van der Waals surface area contributed by atoms with Crippen LogP contribution in [0.25, 0.3) is 0 Å². The summed E-state index contributed by atoms with van der Waals surface area (Å²) in [6.07, 6.45) is 13.8. The van der Waals surface area contributed by atoms with Gasteiger partial charge in [-0.05, 0) is 66.2 Å². The van der Waals surface area contributed by atoms with E-state index in [2.05, 4.69) is 61.9 Å². The normalized spacial score (nSPS) is 22.2. The van der Waals surface area contributed by atoms with Gasteiger partial charge in [-0.1, -0.05) is 41.4 Å². The van der Waals surface area contributed by atoms with Crippen LogP contribution >= 0.6 is 23.5 Å². The van der Waals surface area contributed by atoms with Gasteiger partial charge in [0.15, 0.2) is 0 Å². The molecule has 0 spiro atoms. The summed E-state index contributed by atoms with van der Waals surface area (Å²) in [6.45, 7) is 8.56. The van der Waals surface area contributed by atoms with Gasteiger partial charge in [-0.15, -0.1) is 0 Å². The van der Waals surface area contributed by atoms with E-state index in [-0.39, 0.29) is 24.0 Å². The molecule has 0 radical (unpaired) electrons. The minimum absolute atomic E-state index is 0.0867. The molecular weight excluding hydrogens is 506 g/mol. The molecule has 37 heavy (non-hydrogen) atoms. The number of hydrogen-bond acceptors (Lipinski definition) is 5. The maximum Gasteiger partial charge on any atom is 0.327 e. The molecule has 0 aliphatic carbocycles. The molecule has 208 valence electrons. The number of carbonyl (C=O) groups is 3. The summed E-state index contributed by atoms with van der Waals surface area (Å²) < 4.78 is 0. The van der Waals surface area contributed by atoms with Crippen molar-refractivity contribution in [1.82, 2.24) is 16.0 Å². The van der Waals surface area contributed by atoms with Crippen LogP contribution in [0.5, 0.6) is 0 Å². The first kappa shape index (κ1) is 31.3. The second-order valence-electron chi connectivity index (χ2n) is 10.3. The molecule has 4 N–H and O–H groups in total. The zero-order valence-corrected chi connectivity index (χ0v) is 24.4. The highest BCUT2D eigenvalue weighted by Gasteiger charge is 2.42. The van der Waals surface area contributed by atoms with E-state index in [0.29, 0.717) is 23.8 Å². The number of aliphatic carboxylic acids is 1. The average Bonchev–Trinajstić information content (AvgIpc) is 3.37. The molecule has 4 atom stereocenters. The predicted molar refractivity (Wildman–Crippen MR) is 156 cm³/mol. The van der Waals surface area contributed by atoms with Crippen molar-refractivity contribution in [3.63, 3.8) is 0 Å². The topological polar surface area (TPSA) is 108 Å². The molecule has 7 nitrogen and oxygen atoms in total. The van der Waals surface area contributed by atoms with Gasteiger partial charge in [0, 0.05) is 28.9 Å². The fraction of sp³-hybridized carbons (Fsp3) is 0.679. The lowest BCUT2D eigenvalue weighted by atomic mass is 10.0. The highest BCUT2D eigenvalue weighted by atomic mass is 32.2. The molecule has 3 amide bonds. The minimum atomic E-state index is -0.992. The largest absolute Gasteiger partial charge is 0.480 e. The van der Waals surface area contributed by atoms with E-state index in [4.69, 9.17) is 0 Å². The first-order valence-electron chi connectivity index (χ1n) is 13.4. The third kappa shape index (κ3) is 12.5. The highest BCUT2D eigenvalue weighted by Crippen LogP contribution is 2.33. The molecular formula is C28H45N3O4S2. The SMILES string of the molecule is CC(C)=CCCC(C)=CCCC(C)=CCSC[C@H](NC(=O)CCCC[C@@H]1SC[C@@H]2NC(=O)N[C@@H]21)C(=O)O. The third-order valence-corrected chi connectivity index (χ3v) is 9.15. The molecule has 0 aromatic heterocycles. The van der Waals surface area contributed by atoms with Crippen molar-refractivity contribution >= 4 is 41.4 Å². The van der Waals surface area contributed by atoms with Crippen molar-refractivity contribution in [3.05, 3.63) is 34.9 Å². The maximum atomic E-state index is 12.3. The number of unbranched alkanes of at least 4 members (excludes halogenated alkanes) is 1. The lowest BCUT2D eigenvalue weighted by molar-refractivity contribution is -0.141. The summed E-state index contributed by atoms with van der Waals surface area (Å²) in [7, 11) is 0. The zero-order valence-electron chi connectivity index (χ0n) is 22.8. The minimum Gasteiger partial charge on any atom is -0.480 e. The Bertz CT molecular complexity index is 867. The van der Waals surface area contributed by atoms with Crippen LogP contribution in [0, 0.1) is 0 Å². The zero-order chi connectivity index (χ0) is 27.2. The number of carboxylic acid groups (broad SMARTS) is 1. The molecule has 0 unspecified atom stereocenters. The van der Waals surface area contributed by atoms with Gasteiger partial charge in [0.1, 0.15) is 6.04 Å². The Kier molecular flexibility index (Phi) is 14.3. The molecule has 0 aromatic carbocycles. The van der Waals surface area contributed by atoms with E-state index >= 15 is 0 Å². The van der Waals surface area contributed by atoms with Crippen molar-refractivity contribution in [2.75, 3.05) is 17.3 Å². The van der Waals surface area contributed by atoms with E-state index in [9.17, 15) is 19.5 Å². The molecule has 9 heteroatoms. The summed E-state index contributed by atoms with van der Waals surface area (Å²) in [4.78, 5) is 35.4. The molecule has 2 aliphatic rings. The van der Waals surface area contributed by atoms with Crippen LogP contribution < -0.4 is 16.0 Å². The molecule has 0 bridgehead atoms. The summed E-state index contributed by atoms with van der Waals surface area (Å²) in [5.74, 6) is 0.811. The predicted octanol–water partition coefficient (Wildman–Crippen LogP) is 5.43. The van der Waals surface area contributed by atoms with E-state index in [0.717, 1.165) is 50.0 Å². The number of nitrogens with one attached hydrogen (secondary N) is 3. The fourth-order valence-electron chi connectivity index (χ4n) is 4.44. The van der Waals surface area contributed by atoms with Crippen LogP contribution in [0.1, 0.15) is 79.1 Å². The van der Waals surface area contributed by atoms with Crippen LogP contribution in [0.3, 0.4) is 0 Å². The number of carboxylic acids is 1. The Morgan fingerprint density at radius 1 is 1.05 bits per heavy atom. The Morgan fingerprint density at radius 3 is 2.46 bits per heavy atom. The van der Waals surface area contributed by atoms with Gasteiger partial charge in [-0.2, -0.15) is 23.5 Å². The van der Waals surface area contributed by atoms with Gasteiger partial charge in [0.2, 0.25) is 5.91 Å². The molecule has 2 heterocycles. The molecule has 2 saturated heterocycles. The average molecular weight is 552 g/mol. The molecule has 0 aromatic rings. The Labute approximate surface area is 231 Å². The molecule has 0 saturated carbocycles. The lowest BCUT2D eigenvalue weighted by Gasteiger charge is -2.17. The van der Waals surface area contributed by atoms with Crippen molar-refractivity contribution in [2.45, 2.75) is 102 Å². The highest BCUT2D eigenvalue weighted by molar-refractivity contribution is 8.00. The number of thioether (sulfide) groups is 2. The van der Waals surface area contributed by atoms with E-state index in [1.165, 1.54) is 28.5 Å². The van der Waals surface area contributed by atoms with Crippen molar-refractivity contribution in [3.8, 4) is 0 Å². The fourth-order valence-corrected chi connectivity index (χ4v) is 6.98. The van der Waals surface area contributed by atoms with Gasteiger partial charge in [0.05, 0.1) is 12.1 Å². The number of fused-ring (bicyclic) bond motifs is 1. The summed E-state index contributed by atoms with van der Waals surface area (Å²) in [5, 5.41) is 18.5. The van der Waals surface area contributed by atoms with Gasteiger partial charge < -0.3 is 21.1 Å². The quantitative estimate of drug-likeness (QED) is 0.109. The van der Waals surface area contributed by atoms with Crippen molar-refractivity contribution < 1.29 is 19.5 Å². The Hall–Kier alpha value is -1.87. The van der Waals surface area contributed by atoms with Crippen LogP contribution in [-0.4, -0.2) is 63.6 Å². The standard InChI is InChI=1S/C28H45N3O4S2/c1-19(2)9-7-10-20(3)11-8-12-21(4)15-16-36-17-23(27(33)34)29-25(32)14-6-5-13-24-26-22(18-37-24)30-28(35)31-26/h9,11,15,22-24,26H,5-8,10,12-14,16-18H2,1-4H3,(H,29,32)(H,33,34)(H2,30,31,35)/t22-,23-,24-,26-/m0/s1. The number of rotatable bonds is 17. The first-order valence-corrected chi connectivity index (χ1v) is 15.6. The number of urea groups is 1. The summed E-state index contributed by atoms with van der Waals surface area (Å²) >= 11 is 3.39. The second-order valence-corrected chi connectivity index (χ2v) is 12.7. The summed E-state index contributed by atoms with van der Waals surface area (Å²) in [5.41, 5.74) is 4.09. The number of carbonyl (C=O) groups excluding carboxylic acids is 2.